The Bertz CT molecular complexity index is 1840. The van der Waals surface area contributed by atoms with Crippen LogP contribution in [-0.4, -0.2) is 0 Å². The van der Waals surface area contributed by atoms with Crippen LogP contribution in [0.25, 0.3) is 22.3 Å². The topological polar surface area (TPSA) is 18.5 Å². The fraction of sp³-hybridized carbons (Fsp3) is 0.182. The highest BCUT2D eigenvalue weighted by Crippen LogP contribution is 2.59. The largest absolute Gasteiger partial charge is 0.214 e. The van der Waals surface area contributed by atoms with Gasteiger partial charge < -0.3 is 0 Å². The number of fused-ring (bicyclic) bond motifs is 6. The van der Waals surface area contributed by atoms with Crippen molar-refractivity contribution in [2.45, 2.75) is 50.7 Å². The standard InChI is InChI=1S/C44H38O2/c1-29(2)31-17-5-11-23-37(31)43(39-25-13-7-19-33(39)34-20-8-14-26-40(34)43)45-46-44(38-24-12-6-18-32(38)30(3)4)41-27-15-9-21-35(41)36-22-10-16-28-42(36)44/h5-30H,1-4H3. The maximum absolute atomic E-state index is 7.41. The summed E-state index contributed by atoms with van der Waals surface area (Å²) >= 11 is 0. The molecule has 226 valence electrons. The molecule has 0 amide bonds. The van der Waals surface area contributed by atoms with E-state index in [2.05, 4.69) is 173 Å². The van der Waals surface area contributed by atoms with Gasteiger partial charge in [0, 0.05) is 22.3 Å². The molecule has 0 saturated heterocycles. The first-order valence-corrected chi connectivity index (χ1v) is 16.4. The molecule has 0 radical (unpaired) electrons. The van der Waals surface area contributed by atoms with Crippen LogP contribution in [-0.2, 0) is 21.0 Å². The van der Waals surface area contributed by atoms with Crippen molar-refractivity contribution in [2.75, 3.05) is 0 Å². The fourth-order valence-electron chi connectivity index (χ4n) is 8.01. The SMILES string of the molecule is CC(C)c1ccccc1C1(OOC2(c3ccccc3C(C)C)c3ccccc3-c3ccccc32)c2ccccc2-c2ccccc21. The van der Waals surface area contributed by atoms with Gasteiger partial charge in [-0.05, 0) is 56.3 Å². The Hall–Kier alpha value is -4.76. The highest BCUT2D eigenvalue weighted by atomic mass is 17.2. The highest BCUT2D eigenvalue weighted by molar-refractivity contribution is 5.84. The van der Waals surface area contributed by atoms with E-state index in [9.17, 15) is 0 Å². The van der Waals surface area contributed by atoms with Crippen molar-refractivity contribution in [2.24, 2.45) is 0 Å². The van der Waals surface area contributed by atoms with Gasteiger partial charge in [0.15, 0.2) is 11.2 Å². The van der Waals surface area contributed by atoms with Gasteiger partial charge in [-0.2, -0.15) is 0 Å². The molecular formula is C44H38O2. The van der Waals surface area contributed by atoms with E-state index in [1.54, 1.807) is 0 Å². The molecule has 0 N–H and O–H groups in total. The lowest BCUT2D eigenvalue weighted by molar-refractivity contribution is -0.386. The van der Waals surface area contributed by atoms with Gasteiger partial charge in [0.05, 0.1) is 0 Å². The smallest absolute Gasteiger partial charge is 0.180 e. The normalized spacial score (nSPS) is 15.0. The van der Waals surface area contributed by atoms with Gasteiger partial charge in [-0.3, -0.25) is 0 Å². The van der Waals surface area contributed by atoms with Gasteiger partial charge in [0.1, 0.15) is 0 Å². The van der Waals surface area contributed by atoms with Crippen LogP contribution in [0.2, 0.25) is 0 Å². The summed E-state index contributed by atoms with van der Waals surface area (Å²) in [6.45, 7) is 9.02. The number of rotatable bonds is 7. The van der Waals surface area contributed by atoms with E-state index in [4.69, 9.17) is 9.78 Å². The number of hydrogen-bond acceptors (Lipinski definition) is 2. The predicted molar refractivity (Wildman–Crippen MR) is 187 cm³/mol. The Balaban J connectivity index is 1.44. The van der Waals surface area contributed by atoms with E-state index < -0.39 is 11.2 Å². The van der Waals surface area contributed by atoms with Gasteiger partial charge in [0.25, 0.3) is 0 Å². The van der Waals surface area contributed by atoms with Crippen LogP contribution in [0, 0.1) is 0 Å². The molecule has 2 aliphatic carbocycles. The van der Waals surface area contributed by atoms with Gasteiger partial charge in [-0.25, -0.2) is 9.78 Å². The van der Waals surface area contributed by atoms with Gasteiger partial charge in [-0.15, -0.1) is 0 Å². The first kappa shape index (κ1) is 28.7. The molecule has 2 nitrogen and oxygen atoms in total. The average molecular weight is 599 g/mol. The molecule has 0 heterocycles. The summed E-state index contributed by atoms with van der Waals surface area (Å²) in [4.78, 5) is 14.8. The van der Waals surface area contributed by atoms with Crippen molar-refractivity contribution >= 4 is 0 Å². The Morgan fingerprint density at radius 3 is 0.848 bits per heavy atom. The van der Waals surface area contributed by atoms with Crippen molar-refractivity contribution in [1.82, 2.24) is 0 Å². The molecule has 0 aliphatic heterocycles. The maximum atomic E-state index is 7.41. The Labute approximate surface area is 272 Å². The Morgan fingerprint density at radius 2 is 0.565 bits per heavy atom. The second kappa shape index (κ2) is 10.9. The third-order valence-corrected chi connectivity index (χ3v) is 10.0. The third-order valence-electron chi connectivity index (χ3n) is 10.0. The summed E-state index contributed by atoms with van der Waals surface area (Å²) in [6, 6.07) is 52.0. The maximum Gasteiger partial charge on any atom is 0.180 e. The van der Waals surface area contributed by atoms with Crippen molar-refractivity contribution in [3.05, 3.63) is 190 Å². The lowest BCUT2D eigenvalue weighted by Gasteiger charge is -2.39. The molecule has 0 spiro atoms. The van der Waals surface area contributed by atoms with Crippen molar-refractivity contribution in [3.63, 3.8) is 0 Å². The first-order chi connectivity index (χ1) is 22.5. The molecule has 46 heavy (non-hydrogen) atoms. The molecule has 0 atom stereocenters. The molecule has 2 aliphatic rings. The van der Waals surface area contributed by atoms with E-state index in [1.165, 1.54) is 33.4 Å². The zero-order valence-corrected chi connectivity index (χ0v) is 26.8. The van der Waals surface area contributed by atoms with Crippen molar-refractivity contribution in [3.8, 4) is 22.3 Å². The zero-order valence-electron chi connectivity index (χ0n) is 26.8. The average Bonchev–Trinajstić information content (AvgIpc) is 3.56. The van der Waals surface area contributed by atoms with Crippen LogP contribution in [0.4, 0.5) is 0 Å². The minimum absolute atomic E-state index is 0.278. The molecule has 8 rings (SSSR count). The van der Waals surface area contributed by atoms with Crippen molar-refractivity contribution in [1.29, 1.82) is 0 Å². The summed E-state index contributed by atoms with van der Waals surface area (Å²) in [5, 5.41) is 0. The van der Waals surface area contributed by atoms with Crippen LogP contribution in [0.3, 0.4) is 0 Å². The Morgan fingerprint density at radius 1 is 0.326 bits per heavy atom. The lowest BCUT2D eigenvalue weighted by atomic mass is 9.78. The van der Waals surface area contributed by atoms with E-state index in [0.29, 0.717) is 0 Å². The second-order valence-electron chi connectivity index (χ2n) is 13.2. The van der Waals surface area contributed by atoms with Crippen molar-refractivity contribution < 1.29 is 9.78 Å². The van der Waals surface area contributed by atoms with Gasteiger partial charge >= 0.3 is 0 Å². The molecule has 6 aromatic carbocycles. The van der Waals surface area contributed by atoms with Crippen LogP contribution in [0.5, 0.6) is 0 Å². The van der Waals surface area contributed by atoms with Gasteiger partial charge in [-0.1, -0.05) is 173 Å². The molecule has 0 fully saturated rings. The predicted octanol–water partition coefficient (Wildman–Crippen LogP) is 11.1. The van der Waals surface area contributed by atoms with E-state index in [0.717, 1.165) is 33.4 Å². The monoisotopic (exact) mass is 598 g/mol. The minimum atomic E-state index is -1.000. The van der Waals surface area contributed by atoms with Crippen LogP contribution in [0.1, 0.15) is 84.0 Å². The quantitative estimate of drug-likeness (QED) is 0.134. The summed E-state index contributed by atoms with van der Waals surface area (Å²) in [5.74, 6) is 0.556. The molecule has 0 aromatic heterocycles. The van der Waals surface area contributed by atoms with E-state index in [1.807, 2.05) is 0 Å². The van der Waals surface area contributed by atoms with E-state index >= 15 is 0 Å². The van der Waals surface area contributed by atoms with E-state index in [-0.39, 0.29) is 11.8 Å². The second-order valence-corrected chi connectivity index (χ2v) is 13.2. The molecular weight excluding hydrogens is 560 g/mol. The molecule has 2 heteroatoms. The lowest BCUT2D eigenvalue weighted by Crippen LogP contribution is -2.39. The minimum Gasteiger partial charge on any atom is -0.214 e. The summed E-state index contributed by atoms with van der Waals surface area (Å²) in [7, 11) is 0. The van der Waals surface area contributed by atoms with Crippen LogP contribution in [0.15, 0.2) is 146 Å². The molecule has 0 bridgehead atoms. The zero-order chi connectivity index (χ0) is 31.5. The molecule has 0 unspecified atom stereocenters. The van der Waals surface area contributed by atoms with Crippen LogP contribution >= 0.6 is 0 Å². The Kier molecular flexibility index (Phi) is 6.83. The fourth-order valence-corrected chi connectivity index (χ4v) is 8.01. The number of benzene rings is 6. The summed E-state index contributed by atoms with van der Waals surface area (Å²) < 4.78 is 0. The molecule has 0 saturated carbocycles. The highest BCUT2D eigenvalue weighted by Gasteiger charge is 2.54. The third kappa shape index (κ3) is 3.97. The number of hydrogen-bond donors (Lipinski definition) is 0. The van der Waals surface area contributed by atoms with Gasteiger partial charge in [0.2, 0.25) is 0 Å². The summed E-state index contributed by atoms with van der Waals surface area (Å²) in [5.41, 5.74) is 11.7. The first-order valence-electron chi connectivity index (χ1n) is 16.4. The van der Waals surface area contributed by atoms with Crippen LogP contribution < -0.4 is 0 Å². The summed E-state index contributed by atoms with van der Waals surface area (Å²) in [6.07, 6.45) is 0. The molecule has 6 aromatic rings.